The van der Waals surface area contributed by atoms with Crippen molar-refractivity contribution in [3.05, 3.63) is 69.7 Å². The number of aliphatic hydroxyl groups is 1. The maximum absolute atomic E-state index is 10.8. The molecule has 1 atom stereocenters. The minimum Gasteiger partial charge on any atom is -0.381 e. The quantitative estimate of drug-likeness (QED) is 0.858. The van der Waals surface area contributed by atoms with Crippen molar-refractivity contribution in [3.63, 3.8) is 0 Å². The van der Waals surface area contributed by atoms with Gasteiger partial charge in [0.15, 0.2) is 0 Å². The Morgan fingerprint density at radius 1 is 1.06 bits per heavy atom. The van der Waals surface area contributed by atoms with E-state index in [0.29, 0.717) is 5.02 Å². The van der Waals surface area contributed by atoms with Crippen molar-refractivity contribution in [1.29, 1.82) is 0 Å². The molecule has 18 heavy (non-hydrogen) atoms. The topological polar surface area (TPSA) is 20.2 Å². The summed E-state index contributed by atoms with van der Waals surface area (Å²) in [5.74, 6) is 0. The minimum absolute atomic E-state index is 0.637. The number of rotatable bonds is 2. The first kappa shape index (κ1) is 13.1. The normalized spacial score (nSPS) is 14.3. The molecule has 0 bridgehead atoms. The zero-order valence-electron chi connectivity index (χ0n) is 10.9. The number of benzene rings is 2. The second-order valence-electron chi connectivity index (χ2n) is 4.90. The van der Waals surface area contributed by atoms with Gasteiger partial charge in [-0.15, -0.1) is 0 Å². The van der Waals surface area contributed by atoms with Crippen LogP contribution in [0.3, 0.4) is 0 Å². The van der Waals surface area contributed by atoms with Crippen LogP contribution in [-0.2, 0) is 5.60 Å². The first-order valence-corrected chi connectivity index (χ1v) is 6.35. The molecule has 0 spiro atoms. The Labute approximate surface area is 113 Å². The van der Waals surface area contributed by atoms with Crippen LogP contribution in [0.2, 0.25) is 5.02 Å². The van der Waals surface area contributed by atoms with Gasteiger partial charge in [0.25, 0.3) is 0 Å². The Balaban J connectivity index is 2.53. The first-order valence-electron chi connectivity index (χ1n) is 5.97. The van der Waals surface area contributed by atoms with Gasteiger partial charge in [0.1, 0.15) is 5.60 Å². The van der Waals surface area contributed by atoms with Crippen LogP contribution in [0.1, 0.15) is 29.2 Å². The van der Waals surface area contributed by atoms with E-state index in [1.807, 2.05) is 44.2 Å². The Kier molecular flexibility index (Phi) is 3.47. The molecule has 0 saturated carbocycles. The van der Waals surface area contributed by atoms with Crippen LogP contribution in [0.4, 0.5) is 0 Å². The summed E-state index contributed by atoms with van der Waals surface area (Å²) in [5, 5.41) is 11.4. The van der Waals surface area contributed by atoms with Gasteiger partial charge in [0.05, 0.1) is 0 Å². The Hall–Kier alpha value is -1.31. The average Bonchev–Trinajstić information content (AvgIpc) is 2.28. The second-order valence-corrected chi connectivity index (χ2v) is 5.34. The Morgan fingerprint density at radius 3 is 2.39 bits per heavy atom. The predicted octanol–water partition coefficient (Wildman–Crippen LogP) is 4.21. The van der Waals surface area contributed by atoms with Crippen molar-refractivity contribution in [2.24, 2.45) is 0 Å². The van der Waals surface area contributed by atoms with Gasteiger partial charge in [-0.2, -0.15) is 0 Å². The molecule has 0 aromatic heterocycles. The van der Waals surface area contributed by atoms with Crippen molar-refractivity contribution in [2.45, 2.75) is 26.4 Å². The molecular formula is C16H17ClO. The third kappa shape index (κ3) is 2.43. The second kappa shape index (κ2) is 4.75. The van der Waals surface area contributed by atoms with Gasteiger partial charge in [-0.1, -0.05) is 47.5 Å². The molecule has 94 valence electrons. The maximum atomic E-state index is 10.8. The third-order valence-electron chi connectivity index (χ3n) is 3.29. The molecular weight excluding hydrogens is 244 g/mol. The van der Waals surface area contributed by atoms with Crippen LogP contribution in [0.5, 0.6) is 0 Å². The zero-order chi connectivity index (χ0) is 13.3. The molecule has 0 saturated heterocycles. The van der Waals surface area contributed by atoms with E-state index in [2.05, 4.69) is 6.07 Å². The van der Waals surface area contributed by atoms with E-state index in [-0.39, 0.29) is 0 Å². The molecule has 2 aromatic carbocycles. The van der Waals surface area contributed by atoms with E-state index in [1.54, 1.807) is 13.0 Å². The van der Waals surface area contributed by atoms with Gasteiger partial charge in [-0.05, 0) is 49.6 Å². The van der Waals surface area contributed by atoms with Gasteiger partial charge in [-0.3, -0.25) is 0 Å². The first-order chi connectivity index (χ1) is 8.41. The molecule has 2 heteroatoms. The summed E-state index contributed by atoms with van der Waals surface area (Å²) in [5.41, 5.74) is 2.97. The summed E-state index contributed by atoms with van der Waals surface area (Å²) in [6, 6.07) is 13.4. The molecule has 2 aromatic rings. The Morgan fingerprint density at radius 2 is 1.78 bits per heavy atom. The number of aryl methyl sites for hydroxylation is 2. The highest BCUT2D eigenvalue weighted by molar-refractivity contribution is 6.30. The maximum Gasteiger partial charge on any atom is 0.112 e. The molecule has 0 amide bonds. The van der Waals surface area contributed by atoms with E-state index >= 15 is 0 Å². The van der Waals surface area contributed by atoms with Crippen LogP contribution in [0.25, 0.3) is 0 Å². The summed E-state index contributed by atoms with van der Waals surface area (Å²) < 4.78 is 0. The highest BCUT2D eigenvalue weighted by atomic mass is 35.5. The molecule has 0 heterocycles. The molecule has 0 aliphatic rings. The molecule has 1 nitrogen and oxygen atoms in total. The largest absolute Gasteiger partial charge is 0.381 e. The average molecular weight is 261 g/mol. The predicted molar refractivity (Wildman–Crippen MR) is 76.0 cm³/mol. The number of hydrogen-bond donors (Lipinski definition) is 1. The third-order valence-corrected chi connectivity index (χ3v) is 3.53. The lowest BCUT2D eigenvalue weighted by molar-refractivity contribution is 0.102. The molecule has 0 aliphatic heterocycles. The highest BCUT2D eigenvalue weighted by Gasteiger charge is 2.27. The van der Waals surface area contributed by atoms with Crippen molar-refractivity contribution < 1.29 is 5.11 Å². The van der Waals surface area contributed by atoms with Crippen LogP contribution < -0.4 is 0 Å². The van der Waals surface area contributed by atoms with Crippen molar-refractivity contribution in [2.75, 3.05) is 0 Å². The van der Waals surface area contributed by atoms with Crippen molar-refractivity contribution >= 4 is 11.6 Å². The summed E-state index contributed by atoms with van der Waals surface area (Å²) in [6.45, 7) is 5.86. The summed E-state index contributed by atoms with van der Waals surface area (Å²) >= 11 is 5.99. The standard InChI is InChI=1S/C16H17ClO/c1-11-7-8-15(12(2)9-11)16(3,18)13-5-4-6-14(17)10-13/h4-10,18H,1-3H3. The number of halogens is 1. The monoisotopic (exact) mass is 260 g/mol. The lowest BCUT2D eigenvalue weighted by Gasteiger charge is -2.26. The van der Waals surface area contributed by atoms with Crippen LogP contribution >= 0.6 is 11.6 Å². The van der Waals surface area contributed by atoms with E-state index in [9.17, 15) is 5.11 Å². The van der Waals surface area contributed by atoms with Gasteiger partial charge >= 0.3 is 0 Å². The van der Waals surface area contributed by atoms with Gasteiger partial charge in [-0.25, -0.2) is 0 Å². The molecule has 0 fully saturated rings. The molecule has 0 radical (unpaired) electrons. The van der Waals surface area contributed by atoms with Crippen molar-refractivity contribution in [1.82, 2.24) is 0 Å². The summed E-state index contributed by atoms with van der Waals surface area (Å²) in [4.78, 5) is 0. The molecule has 2 rings (SSSR count). The highest BCUT2D eigenvalue weighted by Crippen LogP contribution is 2.32. The van der Waals surface area contributed by atoms with Crippen molar-refractivity contribution in [3.8, 4) is 0 Å². The van der Waals surface area contributed by atoms with E-state index in [0.717, 1.165) is 16.7 Å². The van der Waals surface area contributed by atoms with Gasteiger partial charge < -0.3 is 5.11 Å². The fourth-order valence-electron chi connectivity index (χ4n) is 2.31. The van der Waals surface area contributed by atoms with Crippen LogP contribution in [-0.4, -0.2) is 5.11 Å². The lowest BCUT2D eigenvalue weighted by Crippen LogP contribution is -2.24. The SMILES string of the molecule is Cc1ccc(C(C)(O)c2cccc(Cl)c2)c(C)c1. The molecule has 0 aliphatic carbocycles. The molecule has 1 unspecified atom stereocenters. The van der Waals surface area contributed by atoms with E-state index < -0.39 is 5.60 Å². The minimum atomic E-state index is -1.03. The molecule has 1 N–H and O–H groups in total. The zero-order valence-corrected chi connectivity index (χ0v) is 11.6. The van der Waals surface area contributed by atoms with E-state index in [4.69, 9.17) is 11.6 Å². The summed E-state index contributed by atoms with van der Waals surface area (Å²) in [6.07, 6.45) is 0. The van der Waals surface area contributed by atoms with E-state index in [1.165, 1.54) is 5.56 Å². The number of hydrogen-bond acceptors (Lipinski definition) is 1. The smallest absolute Gasteiger partial charge is 0.112 e. The van der Waals surface area contributed by atoms with Crippen LogP contribution in [0.15, 0.2) is 42.5 Å². The van der Waals surface area contributed by atoms with Gasteiger partial charge in [0.2, 0.25) is 0 Å². The van der Waals surface area contributed by atoms with Gasteiger partial charge in [0, 0.05) is 5.02 Å². The van der Waals surface area contributed by atoms with Crippen LogP contribution in [0, 0.1) is 13.8 Å². The Bertz CT molecular complexity index is 573. The fourth-order valence-corrected chi connectivity index (χ4v) is 2.50. The summed E-state index contributed by atoms with van der Waals surface area (Å²) in [7, 11) is 0. The lowest BCUT2D eigenvalue weighted by atomic mass is 9.85. The fraction of sp³-hybridized carbons (Fsp3) is 0.250.